The van der Waals surface area contributed by atoms with Crippen molar-refractivity contribution in [3.8, 4) is 0 Å². The lowest BCUT2D eigenvalue weighted by Crippen LogP contribution is -2.09. The number of aryl methyl sites for hydroxylation is 1. The van der Waals surface area contributed by atoms with E-state index in [0.29, 0.717) is 5.56 Å². The van der Waals surface area contributed by atoms with Crippen molar-refractivity contribution >= 4 is 17.7 Å². The third-order valence-electron chi connectivity index (χ3n) is 2.66. The van der Waals surface area contributed by atoms with Gasteiger partial charge in [0.05, 0.1) is 5.69 Å². The third kappa shape index (κ3) is 3.75. The molecule has 1 amide bonds. The van der Waals surface area contributed by atoms with Gasteiger partial charge in [0.15, 0.2) is 0 Å². The smallest absolute Gasteiger partial charge is 0.248 e. The first kappa shape index (κ1) is 13.9. The normalized spacial score (nSPS) is 10.8. The number of benzene rings is 2. The van der Waals surface area contributed by atoms with E-state index >= 15 is 0 Å². The molecule has 0 radical (unpaired) electrons. The molecule has 1 N–H and O–H groups in total. The lowest BCUT2D eigenvalue weighted by molar-refractivity contribution is -0.111. The van der Waals surface area contributed by atoms with E-state index in [2.05, 4.69) is 5.32 Å². The number of carbonyl (C=O) groups excluding carboxylic acids is 1. The van der Waals surface area contributed by atoms with Gasteiger partial charge in [-0.05, 0) is 48.4 Å². The lowest BCUT2D eigenvalue weighted by atomic mass is 10.2. The van der Waals surface area contributed by atoms with Gasteiger partial charge in [0.25, 0.3) is 0 Å². The second-order valence-electron chi connectivity index (χ2n) is 4.36. The van der Waals surface area contributed by atoms with Gasteiger partial charge in [-0.15, -0.1) is 0 Å². The van der Waals surface area contributed by atoms with Gasteiger partial charge in [-0.1, -0.05) is 18.2 Å². The molecule has 0 heterocycles. The predicted molar refractivity (Wildman–Crippen MR) is 75.2 cm³/mol. The molecule has 0 bridgehead atoms. The van der Waals surface area contributed by atoms with E-state index in [-0.39, 0.29) is 11.5 Å². The maximum atomic E-state index is 13.5. The van der Waals surface area contributed by atoms with E-state index in [1.54, 1.807) is 25.1 Å². The van der Waals surface area contributed by atoms with Gasteiger partial charge < -0.3 is 5.32 Å². The van der Waals surface area contributed by atoms with Crippen LogP contribution in [0.15, 0.2) is 48.5 Å². The van der Waals surface area contributed by atoms with E-state index in [9.17, 15) is 13.6 Å². The Bertz CT molecular complexity index is 665. The zero-order valence-electron chi connectivity index (χ0n) is 10.9. The second-order valence-corrected chi connectivity index (χ2v) is 4.36. The van der Waals surface area contributed by atoms with E-state index in [1.165, 1.54) is 36.4 Å². The van der Waals surface area contributed by atoms with Crippen molar-refractivity contribution in [2.45, 2.75) is 6.92 Å². The number of hydrogen-bond acceptors (Lipinski definition) is 1. The summed E-state index contributed by atoms with van der Waals surface area (Å²) in [4.78, 5) is 11.6. The first-order chi connectivity index (χ1) is 9.54. The zero-order chi connectivity index (χ0) is 14.5. The van der Waals surface area contributed by atoms with E-state index in [1.807, 2.05) is 0 Å². The highest BCUT2D eigenvalue weighted by Crippen LogP contribution is 2.15. The molecule has 0 aromatic heterocycles. The van der Waals surface area contributed by atoms with Crippen molar-refractivity contribution in [3.05, 3.63) is 71.3 Å². The highest BCUT2D eigenvalue weighted by Gasteiger charge is 2.04. The van der Waals surface area contributed by atoms with Crippen LogP contribution in [0, 0.1) is 18.6 Å². The summed E-state index contributed by atoms with van der Waals surface area (Å²) < 4.78 is 26.5. The van der Waals surface area contributed by atoms with Crippen LogP contribution in [0.3, 0.4) is 0 Å². The summed E-state index contributed by atoms with van der Waals surface area (Å²) in [5.74, 6) is -1.34. The van der Waals surface area contributed by atoms with E-state index < -0.39 is 11.7 Å². The molecule has 0 aliphatic heterocycles. The van der Waals surface area contributed by atoms with Crippen LogP contribution in [-0.4, -0.2) is 5.91 Å². The molecular weight excluding hydrogens is 260 g/mol. The standard InChI is InChI=1S/C16H13F2NO/c1-11-5-7-15(14(18)9-11)19-16(20)8-6-12-3-2-4-13(17)10-12/h2-10H,1H3,(H,19,20)/b8-6+. The van der Waals surface area contributed by atoms with Crippen molar-refractivity contribution in [1.29, 1.82) is 0 Å². The Hall–Kier alpha value is -2.49. The molecule has 0 aliphatic carbocycles. The largest absolute Gasteiger partial charge is 0.320 e. The maximum absolute atomic E-state index is 13.5. The highest BCUT2D eigenvalue weighted by atomic mass is 19.1. The topological polar surface area (TPSA) is 29.1 Å². The maximum Gasteiger partial charge on any atom is 0.248 e. The zero-order valence-corrected chi connectivity index (χ0v) is 10.9. The van der Waals surface area contributed by atoms with Crippen molar-refractivity contribution in [1.82, 2.24) is 0 Å². The first-order valence-corrected chi connectivity index (χ1v) is 6.05. The fourth-order valence-electron chi connectivity index (χ4n) is 1.68. The molecule has 2 nitrogen and oxygen atoms in total. The molecule has 2 aromatic rings. The summed E-state index contributed by atoms with van der Waals surface area (Å²) in [7, 11) is 0. The summed E-state index contributed by atoms with van der Waals surface area (Å²) in [6.45, 7) is 1.76. The van der Waals surface area contributed by atoms with Gasteiger partial charge in [-0.3, -0.25) is 4.79 Å². The highest BCUT2D eigenvalue weighted by molar-refractivity contribution is 6.02. The second kappa shape index (κ2) is 6.10. The Kier molecular flexibility index (Phi) is 4.25. The predicted octanol–water partition coefficient (Wildman–Crippen LogP) is 3.93. The number of halogens is 2. The van der Waals surface area contributed by atoms with Crippen LogP contribution in [0.5, 0.6) is 0 Å². The molecule has 0 spiro atoms. The summed E-state index contributed by atoms with van der Waals surface area (Å²) >= 11 is 0. The van der Waals surface area contributed by atoms with Gasteiger partial charge in [0.1, 0.15) is 11.6 Å². The molecule has 0 atom stereocenters. The fraction of sp³-hybridized carbons (Fsp3) is 0.0625. The Labute approximate surface area is 115 Å². The summed E-state index contributed by atoms with van der Waals surface area (Å²) in [5, 5.41) is 2.43. The van der Waals surface area contributed by atoms with Gasteiger partial charge in [0.2, 0.25) is 5.91 Å². The van der Waals surface area contributed by atoms with Gasteiger partial charge in [-0.2, -0.15) is 0 Å². The average Bonchev–Trinajstić information content (AvgIpc) is 2.40. The van der Waals surface area contributed by atoms with Crippen molar-refractivity contribution in [2.24, 2.45) is 0 Å². The Morgan fingerprint density at radius 3 is 2.65 bits per heavy atom. The number of rotatable bonds is 3. The minimum absolute atomic E-state index is 0.115. The first-order valence-electron chi connectivity index (χ1n) is 6.05. The van der Waals surface area contributed by atoms with Crippen molar-refractivity contribution in [2.75, 3.05) is 5.32 Å². The minimum atomic E-state index is -0.488. The average molecular weight is 273 g/mol. The molecule has 4 heteroatoms. The van der Waals surface area contributed by atoms with Crippen LogP contribution in [0.1, 0.15) is 11.1 Å². The van der Waals surface area contributed by atoms with Crippen LogP contribution in [0.2, 0.25) is 0 Å². The molecule has 2 rings (SSSR count). The number of hydrogen-bond donors (Lipinski definition) is 1. The molecule has 0 aliphatic rings. The molecule has 0 fully saturated rings. The van der Waals surface area contributed by atoms with Crippen LogP contribution >= 0.6 is 0 Å². The quantitative estimate of drug-likeness (QED) is 0.844. The lowest BCUT2D eigenvalue weighted by Gasteiger charge is -2.04. The van der Waals surface area contributed by atoms with Gasteiger partial charge in [-0.25, -0.2) is 8.78 Å². The summed E-state index contributed by atoms with van der Waals surface area (Å²) in [6.07, 6.45) is 2.69. The summed E-state index contributed by atoms with van der Waals surface area (Å²) in [6, 6.07) is 10.4. The molecular formula is C16H13F2NO. The van der Waals surface area contributed by atoms with E-state index in [0.717, 1.165) is 5.56 Å². The third-order valence-corrected chi connectivity index (χ3v) is 2.66. The van der Waals surface area contributed by atoms with Crippen LogP contribution in [-0.2, 0) is 4.79 Å². The molecule has 20 heavy (non-hydrogen) atoms. The Morgan fingerprint density at radius 1 is 1.15 bits per heavy atom. The Morgan fingerprint density at radius 2 is 1.95 bits per heavy atom. The van der Waals surface area contributed by atoms with Crippen LogP contribution in [0.4, 0.5) is 14.5 Å². The molecule has 0 unspecified atom stereocenters. The number of amides is 1. The van der Waals surface area contributed by atoms with E-state index in [4.69, 9.17) is 0 Å². The fourth-order valence-corrected chi connectivity index (χ4v) is 1.68. The summed E-state index contributed by atoms with van der Waals surface area (Å²) in [5.41, 5.74) is 1.45. The van der Waals surface area contributed by atoms with Crippen LogP contribution < -0.4 is 5.32 Å². The number of carbonyl (C=O) groups is 1. The van der Waals surface area contributed by atoms with Crippen LogP contribution in [0.25, 0.3) is 6.08 Å². The number of anilines is 1. The molecule has 0 saturated heterocycles. The molecule has 102 valence electrons. The minimum Gasteiger partial charge on any atom is -0.320 e. The number of nitrogens with one attached hydrogen (secondary N) is 1. The Balaban J connectivity index is 2.05. The van der Waals surface area contributed by atoms with Gasteiger partial charge in [0, 0.05) is 6.08 Å². The molecule has 0 saturated carbocycles. The monoisotopic (exact) mass is 273 g/mol. The SMILES string of the molecule is Cc1ccc(NC(=O)/C=C/c2cccc(F)c2)c(F)c1. The van der Waals surface area contributed by atoms with Crippen molar-refractivity contribution in [3.63, 3.8) is 0 Å². The molecule has 2 aromatic carbocycles. The van der Waals surface area contributed by atoms with Gasteiger partial charge >= 0.3 is 0 Å². The van der Waals surface area contributed by atoms with Crippen molar-refractivity contribution < 1.29 is 13.6 Å².